The van der Waals surface area contributed by atoms with E-state index >= 15 is 0 Å². The maximum absolute atomic E-state index is 11.9. The number of aryl methyl sites for hydroxylation is 1. The first kappa shape index (κ1) is 19.3. The summed E-state index contributed by atoms with van der Waals surface area (Å²) >= 11 is 0. The highest BCUT2D eigenvalue weighted by Gasteiger charge is 2.47. The van der Waals surface area contributed by atoms with Gasteiger partial charge in [0, 0.05) is 35.2 Å². The van der Waals surface area contributed by atoms with Crippen molar-refractivity contribution in [2.75, 3.05) is 6.61 Å². The van der Waals surface area contributed by atoms with Gasteiger partial charge in [-0.3, -0.25) is 4.98 Å². The summed E-state index contributed by atoms with van der Waals surface area (Å²) in [4.78, 5) is 20.9. The first-order valence-electron chi connectivity index (χ1n) is 10.5. The van der Waals surface area contributed by atoms with E-state index in [4.69, 9.17) is 24.6 Å². The van der Waals surface area contributed by atoms with Crippen LogP contribution in [0.15, 0.2) is 87.3 Å². The summed E-state index contributed by atoms with van der Waals surface area (Å²) in [7, 11) is 0. The summed E-state index contributed by atoms with van der Waals surface area (Å²) in [6.45, 7) is 2.00. The number of ether oxygens (including phenoxy) is 2. The quantitative estimate of drug-likeness (QED) is 0.500. The molecule has 33 heavy (non-hydrogen) atoms. The van der Waals surface area contributed by atoms with E-state index < -0.39 is 11.2 Å². The van der Waals surface area contributed by atoms with Crippen LogP contribution in [-0.4, -0.2) is 17.6 Å². The third-order valence-electron chi connectivity index (χ3n) is 6.02. The number of aliphatic imine (C=N–C) groups is 1. The first-order chi connectivity index (χ1) is 16.0. The van der Waals surface area contributed by atoms with Crippen molar-refractivity contribution in [1.29, 1.82) is 0 Å². The molecule has 0 amide bonds. The number of benzene rings is 2. The Kier molecular flexibility index (Phi) is 4.13. The third-order valence-corrected chi connectivity index (χ3v) is 6.02. The van der Waals surface area contributed by atoms with Gasteiger partial charge in [0.15, 0.2) is 5.54 Å². The molecule has 1 spiro atoms. The minimum atomic E-state index is -0.865. The predicted molar refractivity (Wildman–Crippen MR) is 123 cm³/mol. The Bertz CT molecular complexity index is 1490. The van der Waals surface area contributed by atoms with E-state index in [1.54, 1.807) is 13.1 Å². The SMILES string of the molecule is Cc1cc(-c2ccc3c(c2)[C@]2(COC(N)=N2)c2cc(-c4cccnc4)ccc2O3)cc(=O)o1. The van der Waals surface area contributed by atoms with Crippen molar-refractivity contribution in [3.05, 3.63) is 100 Å². The van der Waals surface area contributed by atoms with Gasteiger partial charge in [-0.1, -0.05) is 18.2 Å². The van der Waals surface area contributed by atoms with Crippen molar-refractivity contribution >= 4 is 6.02 Å². The molecule has 0 saturated heterocycles. The molecule has 0 aliphatic carbocycles. The number of nitrogens with zero attached hydrogens (tertiary/aromatic N) is 2. The Morgan fingerprint density at radius 3 is 2.24 bits per heavy atom. The summed E-state index contributed by atoms with van der Waals surface area (Å²) in [5.74, 6) is 1.90. The highest BCUT2D eigenvalue weighted by atomic mass is 16.5. The van der Waals surface area contributed by atoms with Crippen LogP contribution in [0.4, 0.5) is 0 Å². The van der Waals surface area contributed by atoms with Gasteiger partial charge < -0.3 is 19.6 Å². The van der Waals surface area contributed by atoms with Crippen LogP contribution in [0, 0.1) is 6.92 Å². The summed E-state index contributed by atoms with van der Waals surface area (Å²) < 4.78 is 17.1. The number of rotatable bonds is 2. The third kappa shape index (κ3) is 3.09. The molecule has 4 aromatic rings. The van der Waals surface area contributed by atoms with Gasteiger partial charge in [0.1, 0.15) is 23.9 Å². The number of nitrogens with two attached hydrogens (primary N) is 1. The second kappa shape index (κ2) is 7.06. The zero-order chi connectivity index (χ0) is 22.6. The zero-order valence-electron chi connectivity index (χ0n) is 17.7. The van der Waals surface area contributed by atoms with Crippen molar-refractivity contribution in [2.24, 2.45) is 10.7 Å². The van der Waals surface area contributed by atoms with Gasteiger partial charge in [-0.15, -0.1) is 0 Å². The molecule has 0 unspecified atom stereocenters. The second-order valence-corrected chi connectivity index (χ2v) is 8.14. The molecular weight excluding hydrogens is 418 g/mol. The fraction of sp³-hybridized carbons (Fsp3) is 0.115. The molecule has 0 bridgehead atoms. The number of fused-ring (bicyclic) bond motifs is 4. The highest BCUT2D eigenvalue weighted by molar-refractivity contribution is 5.79. The lowest BCUT2D eigenvalue weighted by atomic mass is 9.79. The molecule has 0 radical (unpaired) electrons. The molecule has 2 aliphatic heterocycles. The molecule has 6 rings (SSSR count). The number of hydrogen-bond donors (Lipinski definition) is 1. The van der Waals surface area contributed by atoms with Gasteiger partial charge in [0.25, 0.3) is 6.02 Å². The van der Waals surface area contributed by atoms with Crippen molar-refractivity contribution in [2.45, 2.75) is 12.5 Å². The van der Waals surface area contributed by atoms with Crippen LogP contribution in [0.3, 0.4) is 0 Å². The van der Waals surface area contributed by atoms with Crippen LogP contribution in [0.5, 0.6) is 11.5 Å². The molecule has 162 valence electrons. The second-order valence-electron chi connectivity index (χ2n) is 8.14. The van der Waals surface area contributed by atoms with Crippen LogP contribution in [0.1, 0.15) is 16.9 Å². The Morgan fingerprint density at radius 1 is 0.909 bits per heavy atom. The smallest absolute Gasteiger partial charge is 0.336 e. The number of aromatic nitrogens is 1. The van der Waals surface area contributed by atoms with Gasteiger partial charge in [-0.05, 0) is 60.0 Å². The fourth-order valence-corrected chi connectivity index (χ4v) is 4.52. The lowest BCUT2D eigenvalue weighted by Gasteiger charge is -2.34. The molecule has 4 heterocycles. The molecule has 2 aromatic heterocycles. The Balaban J connectivity index is 1.56. The molecular formula is C26H19N3O4. The number of hydrogen-bond acceptors (Lipinski definition) is 7. The van der Waals surface area contributed by atoms with Gasteiger partial charge >= 0.3 is 5.63 Å². The Morgan fingerprint density at radius 2 is 1.64 bits per heavy atom. The van der Waals surface area contributed by atoms with E-state index in [1.807, 2.05) is 54.7 Å². The van der Waals surface area contributed by atoms with Crippen LogP contribution in [0.25, 0.3) is 22.3 Å². The molecule has 7 nitrogen and oxygen atoms in total. The average Bonchev–Trinajstić information content (AvgIpc) is 3.21. The lowest BCUT2D eigenvalue weighted by molar-refractivity contribution is 0.264. The van der Waals surface area contributed by atoms with Crippen LogP contribution >= 0.6 is 0 Å². The average molecular weight is 437 g/mol. The minimum Gasteiger partial charge on any atom is -0.462 e. The van der Waals surface area contributed by atoms with Crippen molar-refractivity contribution in [1.82, 2.24) is 4.98 Å². The van der Waals surface area contributed by atoms with E-state index in [0.29, 0.717) is 17.3 Å². The zero-order valence-corrected chi connectivity index (χ0v) is 17.7. The van der Waals surface area contributed by atoms with Gasteiger partial charge in [0.2, 0.25) is 0 Å². The minimum absolute atomic E-state index is 0.127. The van der Waals surface area contributed by atoms with E-state index in [0.717, 1.165) is 33.4 Å². The normalized spacial score (nSPS) is 18.2. The molecule has 1 atom stereocenters. The van der Waals surface area contributed by atoms with Crippen molar-refractivity contribution in [3.8, 4) is 33.8 Å². The maximum atomic E-state index is 11.9. The van der Waals surface area contributed by atoms with Gasteiger partial charge in [0.05, 0.1) is 0 Å². The van der Waals surface area contributed by atoms with Crippen LogP contribution in [-0.2, 0) is 10.3 Å². The highest BCUT2D eigenvalue weighted by Crippen LogP contribution is 2.52. The molecule has 0 fully saturated rings. The molecule has 2 aliphatic rings. The summed E-state index contributed by atoms with van der Waals surface area (Å²) in [6, 6.07) is 19.1. The topological polar surface area (TPSA) is 99.9 Å². The Labute approximate surface area is 189 Å². The standard InChI is InChI=1S/C26H19N3O4/c1-15-9-19(12-24(30)32-15)17-5-7-23-21(11-17)26(14-31-25(27)29-26)20-10-16(4-6-22(20)33-23)18-3-2-8-28-13-18/h2-13H,14H2,1H3,(H2,27,29)/t26-/m0/s1. The summed E-state index contributed by atoms with van der Waals surface area (Å²) in [6.07, 6.45) is 3.56. The van der Waals surface area contributed by atoms with Crippen LogP contribution < -0.4 is 16.1 Å². The summed E-state index contributed by atoms with van der Waals surface area (Å²) in [5.41, 5.74) is 10.0. The van der Waals surface area contributed by atoms with Crippen molar-refractivity contribution < 1.29 is 13.9 Å². The molecule has 2 aromatic carbocycles. The van der Waals surface area contributed by atoms with Crippen LogP contribution in [0.2, 0.25) is 0 Å². The number of pyridine rings is 1. The van der Waals surface area contributed by atoms with Gasteiger partial charge in [-0.25, -0.2) is 9.79 Å². The fourth-order valence-electron chi connectivity index (χ4n) is 4.52. The summed E-state index contributed by atoms with van der Waals surface area (Å²) in [5, 5.41) is 0. The van der Waals surface area contributed by atoms with E-state index in [9.17, 15) is 4.79 Å². The van der Waals surface area contributed by atoms with Crippen molar-refractivity contribution in [3.63, 3.8) is 0 Å². The Hall–Kier alpha value is -4.39. The monoisotopic (exact) mass is 437 g/mol. The number of amidine groups is 1. The van der Waals surface area contributed by atoms with Gasteiger partial charge in [-0.2, -0.15) is 0 Å². The predicted octanol–water partition coefficient (Wildman–Crippen LogP) is 4.37. The van der Waals surface area contributed by atoms with E-state index in [1.165, 1.54) is 6.07 Å². The van der Waals surface area contributed by atoms with E-state index in [2.05, 4.69) is 11.1 Å². The van der Waals surface area contributed by atoms with E-state index in [-0.39, 0.29) is 12.6 Å². The molecule has 7 heteroatoms. The lowest BCUT2D eigenvalue weighted by Crippen LogP contribution is -2.31. The largest absolute Gasteiger partial charge is 0.462 e. The molecule has 0 saturated carbocycles. The maximum Gasteiger partial charge on any atom is 0.336 e. The molecule has 2 N–H and O–H groups in total. The first-order valence-corrected chi connectivity index (χ1v) is 10.5.